The van der Waals surface area contributed by atoms with Crippen molar-refractivity contribution >= 4 is 40.4 Å². The zero-order valence-electron chi connectivity index (χ0n) is 15.0. The Balaban J connectivity index is 1.79. The van der Waals surface area contributed by atoms with Crippen molar-refractivity contribution in [1.82, 2.24) is 9.99 Å². The van der Waals surface area contributed by atoms with Crippen LogP contribution in [0.15, 0.2) is 66.4 Å². The van der Waals surface area contributed by atoms with Crippen molar-refractivity contribution < 1.29 is 19.5 Å². The van der Waals surface area contributed by atoms with Gasteiger partial charge in [0, 0.05) is 22.7 Å². The van der Waals surface area contributed by atoms with Gasteiger partial charge in [-0.15, -0.1) is 0 Å². The lowest BCUT2D eigenvalue weighted by atomic mass is 10.1. The molecule has 1 fully saturated rings. The van der Waals surface area contributed by atoms with Gasteiger partial charge < -0.3 is 9.67 Å². The summed E-state index contributed by atoms with van der Waals surface area (Å²) < 4.78 is 1.62. The first kappa shape index (κ1) is 17.5. The molecule has 140 valence electrons. The van der Waals surface area contributed by atoms with Gasteiger partial charge in [-0.2, -0.15) is 0 Å². The highest BCUT2D eigenvalue weighted by Crippen LogP contribution is 2.28. The predicted molar refractivity (Wildman–Crippen MR) is 104 cm³/mol. The molecule has 0 saturated carbocycles. The Labute approximate surface area is 160 Å². The van der Waals surface area contributed by atoms with Crippen LogP contribution in [0.3, 0.4) is 0 Å². The average molecular weight is 375 g/mol. The maximum atomic E-state index is 12.8. The minimum Gasteiger partial charge on any atom is -0.480 e. The summed E-state index contributed by atoms with van der Waals surface area (Å²) in [5.41, 5.74) is 4.44. The van der Waals surface area contributed by atoms with Crippen LogP contribution in [-0.2, 0) is 14.4 Å². The number of rotatable bonds is 4. The van der Waals surface area contributed by atoms with Gasteiger partial charge in [-0.3, -0.25) is 15.0 Å². The molecule has 1 aromatic heterocycles. The molecule has 7 nitrogen and oxygen atoms in total. The Morgan fingerprint density at radius 2 is 1.75 bits per heavy atom. The lowest BCUT2D eigenvalue weighted by Crippen LogP contribution is -2.35. The zero-order valence-corrected chi connectivity index (χ0v) is 15.0. The standard InChI is InChI=1S/C21H17N3O4/c1-13(21(27)28)23-12-14(16-9-5-6-10-18(16)23)11-17-19(25)22-24(20(17)26)15-7-3-2-4-8-15/h2-13H,1H3,(H,22,25)(H,27,28)/b17-11-/t13-/m1/s1. The van der Waals surface area contributed by atoms with E-state index in [-0.39, 0.29) is 5.57 Å². The molecule has 0 radical (unpaired) electrons. The van der Waals surface area contributed by atoms with Gasteiger partial charge in [-0.05, 0) is 31.2 Å². The third-order valence-electron chi connectivity index (χ3n) is 4.75. The van der Waals surface area contributed by atoms with Crippen LogP contribution in [0.4, 0.5) is 5.69 Å². The summed E-state index contributed by atoms with van der Waals surface area (Å²) in [6, 6.07) is 15.3. The van der Waals surface area contributed by atoms with Gasteiger partial charge in [0.05, 0.1) is 5.69 Å². The molecule has 7 heteroatoms. The van der Waals surface area contributed by atoms with Crippen LogP contribution in [0, 0.1) is 0 Å². The number of fused-ring (bicyclic) bond motifs is 1. The molecule has 0 bridgehead atoms. The first-order chi connectivity index (χ1) is 13.5. The molecule has 1 aliphatic rings. The van der Waals surface area contributed by atoms with Crippen molar-refractivity contribution in [2.24, 2.45) is 0 Å². The highest BCUT2D eigenvalue weighted by Gasteiger charge is 2.34. The maximum Gasteiger partial charge on any atom is 0.326 e. The molecule has 2 amide bonds. The number of aromatic nitrogens is 1. The summed E-state index contributed by atoms with van der Waals surface area (Å²) in [4.78, 5) is 36.6. The van der Waals surface area contributed by atoms with Crippen LogP contribution in [0.5, 0.6) is 0 Å². The van der Waals surface area contributed by atoms with Gasteiger partial charge in [0.15, 0.2) is 0 Å². The van der Waals surface area contributed by atoms with Gasteiger partial charge in [0.2, 0.25) is 0 Å². The second-order valence-corrected chi connectivity index (χ2v) is 6.50. The Hall–Kier alpha value is -3.87. The normalized spacial score (nSPS) is 16.6. The highest BCUT2D eigenvalue weighted by atomic mass is 16.4. The SMILES string of the molecule is C[C@H](C(=O)O)n1cc(/C=C2/C(=O)NN(c3ccccc3)C2=O)c2ccccc21. The first-order valence-electron chi connectivity index (χ1n) is 8.72. The van der Waals surface area contributed by atoms with Gasteiger partial charge in [0.1, 0.15) is 11.6 Å². The summed E-state index contributed by atoms with van der Waals surface area (Å²) in [5.74, 6) is -1.93. The Morgan fingerprint density at radius 1 is 1.07 bits per heavy atom. The number of carbonyl (C=O) groups excluding carboxylic acids is 2. The van der Waals surface area contributed by atoms with E-state index in [1.165, 1.54) is 11.1 Å². The molecule has 3 aromatic rings. The van der Waals surface area contributed by atoms with Gasteiger partial charge >= 0.3 is 5.97 Å². The topological polar surface area (TPSA) is 91.6 Å². The molecule has 4 rings (SSSR count). The molecular formula is C21H17N3O4. The summed E-state index contributed by atoms with van der Waals surface area (Å²) in [5, 5.41) is 11.3. The van der Waals surface area contributed by atoms with E-state index in [1.54, 1.807) is 42.0 Å². The smallest absolute Gasteiger partial charge is 0.326 e. The molecule has 0 aliphatic carbocycles. The Morgan fingerprint density at radius 3 is 2.46 bits per heavy atom. The summed E-state index contributed by atoms with van der Waals surface area (Å²) in [6.07, 6.45) is 3.16. The molecule has 28 heavy (non-hydrogen) atoms. The van der Waals surface area contributed by atoms with Crippen molar-refractivity contribution in [2.75, 3.05) is 5.01 Å². The number of amides is 2. The van der Waals surface area contributed by atoms with Crippen LogP contribution in [0.2, 0.25) is 0 Å². The zero-order chi connectivity index (χ0) is 19.8. The van der Waals surface area contributed by atoms with Crippen LogP contribution in [0.25, 0.3) is 17.0 Å². The second kappa shape index (κ2) is 6.70. The van der Waals surface area contributed by atoms with Crippen molar-refractivity contribution in [2.45, 2.75) is 13.0 Å². The molecule has 1 aliphatic heterocycles. The minimum atomic E-state index is -0.968. The van der Waals surface area contributed by atoms with E-state index in [1.807, 2.05) is 30.3 Å². The molecule has 2 N–H and O–H groups in total. The number of nitrogens with zero attached hydrogens (tertiary/aromatic N) is 2. The summed E-state index contributed by atoms with van der Waals surface area (Å²) >= 11 is 0. The summed E-state index contributed by atoms with van der Waals surface area (Å²) in [6.45, 7) is 1.58. The molecular weight excluding hydrogens is 358 g/mol. The first-order valence-corrected chi connectivity index (χ1v) is 8.72. The van der Waals surface area contributed by atoms with E-state index in [0.29, 0.717) is 11.3 Å². The summed E-state index contributed by atoms with van der Waals surface area (Å²) in [7, 11) is 0. The number of para-hydroxylation sites is 2. The Bertz CT molecular complexity index is 1130. The molecule has 1 atom stereocenters. The number of hydrazine groups is 1. The number of aliphatic carboxylic acids is 1. The minimum absolute atomic E-state index is 0.00488. The van der Waals surface area contributed by atoms with Crippen molar-refractivity contribution in [3.05, 3.63) is 71.9 Å². The molecule has 2 heterocycles. The van der Waals surface area contributed by atoms with Gasteiger partial charge in [-0.1, -0.05) is 36.4 Å². The number of carboxylic acid groups (broad SMARTS) is 1. The fourth-order valence-electron chi connectivity index (χ4n) is 3.26. The van der Waals surface area contributed by atoms with Crippen LogP contribution < -0.4 is 10.4 Å². The lowest BCUT2D eigenvalue weighted by molar-refractivity contribution is -0.140. The average Bonchev–Trinajstić information content (AvgIpc) is 3.21. The molecule has 1 saturated heterocycles. The third-order valence-corrected chi connectivity index (χ3v) is 4.75. The maximum absolute atomic E-state index is 12.8. The highest BCUT2D eigenvalue weighted by molar-refractivity contribution is 6.32. The number of anilines is 1. The van der Waals surface area contributed by atoms with Crippen LogP contribution in [-0.4, -0.2) is 27.5 Å². The molecule has 2 aromatic carbocycles. The predicted octanol–water partition coefficient (Wildman–Crippen LogP) is 2.75. The van der Waals surface area contributed by atoms with E-state index in [4.69, 9.17) is 0 Å². The number of carbonyl (C=O) groups is 3. The van der Waals surface area contributed by atoms with E-state index < -0.39 is 23.8 Å². The van der Waals surface area contributed by atoms with Crippen molar-refractivity contribution in [1.29, 1.82) is 0 Å². The number of carboxylic acids is 1. The lowest BCUT2D eigenvalue weighted by Gasteiger charge is -2.13. The number of benzene rings is 2. The number of hydrogen-bond acceptors (Lipinski definition) is 3. The fourth-order valence-corrected chi connectivity index (χ4v) is 3.26. The molecule has 0 spiro atoms. The fraction of sp³-hybridized carbons (Fsp3) is 0.0952. The van der Waals surface area contributed by atoms with E-state index in [2.05, 4.69) is 5.43 Å². The van der Waals surface area contributed by atoms with Crippen LogP contribution in [0.1, 0.15) is 18.5 Å². The largest absolute Gasteiger partial charge is 0.480 e. The van der Waals surface area contributed by atoms with E-state index >= 15 is 0 Å². The van der Waals surface area contributed by atoms with Gasteiger partial charge in [0.25, 0.3) is 11.8 Å². The van der Waals surface area contributed by atoms with Gasteiger partial charge in [-0.25, -0.2) is 9.80 Å². The van der Waals surface area contributed by atoms with Crippen molar-refractivity contribution in [3.63, 3.8) is 0 Å². The van der Waals surface area contributed by atoms with Crippen LogP contribution >= 0.6 is 0 Å². The molecule has 0 unspecified atom stereocenters. The third kappa shape index (κ3) is 2.83. The monoisotopic (exact) mass is 375 g/mol. The van der Waals surface area contributed by atoms with E-state index in [9.17, 15) is 19.5 Å². The number of nitrogens with one attached hydrogen (secondary N) is 1. The number of hydrogen-bond donors (Lipinski definition) is 2. The van der Waals surface area contributed by atoms with E-state index in [0.717, 1.165) is 10.9 Å². The quantitative estimate of drug-likeness (QED) is 0.542. The Kier molecular flexibility index (Phi) is 4.19. The second-order valence-electron chi connectivity index (χ2n) is 6.50. The van der Waals surface area contributed by atoms with Crippen molar-refractivity contribution in [3.8, 4) is 0 Å².